The van der Waals surface area contributed by atoms with E-state index in [2.05, 4.69) is 32.0 Å². The van der Waals surface area contributed by atoms with Crippen molar-refractivity contribution in [2.75, 3.05) is 21.1 Å². The predicted molar refractivity (Wildman–Crippen MR) is 114 cm³/mol. The summed E-state index contributed by atoms with van der Waals surface area (Å²) < 4.78 is 0. The lowest BCUT2D eigenvalue weighted by Crippen LogP contribution is -2.10. The smallest absolute Gasteiger partial charge is 0.129 e. The molecule has 0 amide bonds. The van der Waals surface area contributed by atoms with E-state index >= 15 is 0 Å². The average molecular weight is 380 g/mol. The minimum Gasteiger partial charge on any atom is -0.398 e. The highest BCUT2D eigenvalue weighted by Gasteiger charge is 2.10. The fourth-order valence-corrected chi connectivity index (χ4v) is 3.02. The molecule has 0 unspecified atom stereocenters. The molecule has 5 nitrogen and oxygen atoms in total. The van der Waals surface area contributed by atoms with Crippen LogP contribution in [0.2, 0.25) is 5.15 Å². The molecule has 3 rings (SSSR count). The number of aromatic nitrogens is 2. The van der Waals surface area contributed by atoms with Gasteiger partial charge in [-0.05, 0) is 43.4 Å². The number of hydrogen-bond acceptors (Lipinski definition) is 5. The van der Waals surface area contributed by atoms with Crippen molar-refractivity contribution in [1.29, 1.82) is 0 Å². The Bertz CT molecular complexity index is 1010. The van der Waals surface area contributed by atoms with E-state index in [1.807, 2.05) is 38.4 Å². The first kappa shape index (κ1) is 19.0. The highest BCUT2D eigenvalue weighted by atomic mass is 35.5. The van der Waals surface area contributed by atoms with E-state index < -0.39 is 0 Å². The third kappa shape index (κ3) is 4.51. The van der Waals surface area contributed by atoms with E-state index in [9.17, 15) is 0 Å². The lowest BCUT2D eigenvalue weighted by Gasteiger charge is -2.12. The molecule has 3 aromatic rings. The second kappa shape index (κ2) is 8.29. The van der Waals surface area contributed by atoms with Gasteiger partial charge >= 0.3 is 0 Å². The lowest BCUT2D eigenvalue weighted by molar-refractivity contribution is 0.402. The van der Waals surface area contributed by atoms with Crippen molar-refractivity contribution in [2.45, 2.75) is 6.54 Å². The largest absolute Gasteiger partial charge is 0.398 e. The Morgan fingerprint density at radius 3 is 2.52 bits per heavy atom. The molecular formula is C21H22ClN5. The zero-order chi connectivity index (χ0) is 19.4. The molecular weight excluding hydrogens is 358 g/mol. The minimum atomic E-state index is 0.431. The van der Waals surface area contributed by atoms with Gasteiger partial charge in [0, 0.05) is 42.8 Å². The maximum absolute atomic E-state index is 6.49. The van der Waals surface area contributed by atoms with Gasteiger partial charge in [-0.25, -0.2) is 4.98 Å². The van der Waals surface area contributed by atoms with E-state index in [4.69, 9.17) is 17.3 Å². The average Bonchev–Trinajstić information content (AvgIpc) is 2.65. The van der Waals surface area contributed by atoms with Crippen LogP contribution in [-0.4, -0.2) is 42.2 Å². The van der Waals surface area contributed by atoms with E-state index in [1.165, 1.54) is 5.56 Å². The molecule has 0 atom stereocenters. The summed E-state index contributed by atoms with van der Waals surface area (Å²) in [6, 6.07) is 13.7. The molecule has 0 bridgehead atoms. The van der Waals surface area contributed by atoms with Gasteiger partial charge in [-0.1, -0.05) is 35.9 Å². The van der Waals surface area contributed by atoms with Crippen molar-refractivity contribution in [3.8, 4) is 0 Å². The zero-order valence-corrected chi connectivity index (χ0v) is 16.4. The number of allylic oxidation sites excluding steroid dienone is 1. The number of nitrogens with zero attached hydrogens (tertiary/aromatic N) is 4. The number of fused-ring (bicyclic) bond motifs is 1. The fraction of sp³-hybridized carbons (Fsp3) is 0.190. The molecule has 6 heteroatoms. The minimum absolute atomic E-state index is 0.431. The summed E-state index contributed by atoms with van der Waals surface area (Å²) in [5, 5.41) is 0.431. The molecule has 0 saturated carbocycles. The molecule has 27 heavy (non-hydrogen) atoms. The SMILES string of the molecule is CN=CC(=C(N)c1ccc(CN(C)C)cc1)c1cnc2ccc(Cl)nc2c1. The summed E-state index contributed by atoms with van der Waals surface area (Å²) in [4.78, 5) is 15.1. The van der Waals surface area contributed by atoms with Gasteiger partial charge in [-0.2, -0.15) is 0 Å². The van der Waals surface area contributed by atoms with E-state index in [0.29, 0.717) is 10.9 Å². The van der Waals surface area contributed by atoms with Crippen molar-refractivity contribution >= 4 is 40.1 Å². The van der Waals surface area contributed by atoms with Crippen LogP contribution in [0, 0.1) is 0 Å². The second-order valence-electron chi connectivity index (χ2n) is 6.55. The Morgan fingerprint density at radius 2 is 1.85 bits per heavy atom. The van der Waals surface area contributed by atoms with Crippen LogP contribution in [0.25, 0.3) is 22.3 Å². The Hall–Kier alpha value is -2.76. The quantitative estimate of drug-likeness (QED) is 0.539. The van der Waals surface area contributed by atoms with Crippen LogP contribution in [0.1, 0.15) is 16.7 Å². The topological polar surface area (TPSA) is 67.4 Å². The van der Waals surface area contributed by atoms with Gasteiger partial charge in [0.05, 0.1) is 11.0 Å². The zero-order valence-electron chi connectivity index (χ0n) is 15.6. The van der Waals surface area contributed by atoms with Gasteiger partial charge in [0.1, 0.15) is 5.15 Å². The summed E-state index contributed by atoms with van der Waals surface area (Å²) in [7, 11) is 5.81. The molecule has 0 aliphatic heterocycles. The third-order valence-corrected chi connectivity index (χ3v) is 4.34. The van der Waals surface area contributed by atoms with Crippen LogP contribution in [0.3, 0.4) is 0 Å². The van der Waals surface area contributed by atoms with Gasteiger partial charge in [-0.15, -0.1) is 0 Å². The first-order valence-electron chi connectivity index (χ1n) is 8.56. The van der Waals surface area contributed by atoms with Crippen molar-refractivity contribution in [2.24, 2.45) is 10.7 Å². The molecule has 0 aliphatic rings. The first-order valence-corrected chi connectivity index (χ1v) is 8.94. The summed E-state index contributed by atoms with van der Waals surface area (Å²) in [5.74, 6) is 0. The molecule has 0 radical (unpaired) electrons. The van der Waals surface area contributed by atoms with Crippen molar-refractivity contribution in [3.63, 3.8) is 0 Å². The number of rotatable bonds is 5. The lowest BCUT2D eigenvalue weighted by atomic mass is 10.0. The number of pyridine rings is 2. The molecule has 0 fully saturated rings. The maximum Gasteiger partial charge on any atom is 0.129 e. The van der Waals surface area contributed by atoms with Crippen LogP contribution in [0.5, 0.6) is 0 Å². The summed E-state index contributed by atoms with van der Waals surface area (Å²) >= 11 is 6.02. The van der Waals surface area contributed by atoms with E-state index in [0.717, 1.165) is 34.3 Å². The molecule has 2 heterocycles. The van der Waals surface area contributed by atoms with Crippen molar-refractivity contribution in [3.05, 3.63) is 70.5 Å². The molecule has 2 N–H and O–H groups in total. The first-order chi connectivity index (χ1) is 13.0. The molecule has 2 aromatic heterocycles. The highest BCUT2D eigenvalue weighted by molar-refractivity contribution is 6.29. The Kier molecular flexibility index (Phi) is 5.84. The highest BCUT2D eigenvalue weighted by Crippen LogP contribution is 2.24. The summed E-state index contributed by atoms with van der Waals surface area (Å²) in [5.41, 5.74) is 12.4. The summed E-state index contributed by atoms with van der Waals surface area (Å²) in [6.45, 7) is 0.883. The Labute approximate surface area is 164 Å². The molecule has 0 aliphatic carbocycles. The monoisotopic (exact) mass is 379 g/mol. The molecule has 1 aromatic carbocycles. The van der Waals surface area contributed by atoms with Gasteiger partial charge < -0.3 is 10.6 Å². The van der Waals surface area contributed by atoms with Crippen LogP contribution in [-0.2, 0) is 6.54 Å². The molecule has 138 valence electrons. The third-order valence-electron chi connectivity index (χ3n) is 4.13. The Balaban J connectivity index is 2.05. The number of aliphatic imine (C=N–C) groups is 1. The second-order valence-corrected chi connectivity index (χ2v) is 6.93. The van der Waals surface area contributed by atoms with Crippen LogP contribution in [0.4, 0.5) is 0 Å². The van der Waals surface area contributed by atoms with Gasteiger partial charge in [-0.3, -0.25) is 9.98 Å². The number of benzene rings is 1. The molecule has 0 spiro atoms. The Morgan fingerprint density at radius 1 is 1.11 bits per heavy atom. The normalized spacial score (nSPS) is 12.8. The van der Waals surface area contributed by atoms with Gasteiger partial charge in [0.2, 0.25) is 0 Å². The predicted octanol–water partition coefficient (Wildman–Crippen LogP) is 3.87. The van der Waals surface area contributed by atoms with Gasteiger partial charge in [0.15, 0.2) is 0 Å². The number of hydrogen-bond donors (Lipinski definition) is 1. The van der Waals surface area contributed by atoms with Crippen LogP contribution >= 0.6 is 11.6 Å². The number of nitrogens with two attached hydrogens (primary N) is 1. The van der Waals surface area contributed by atoms with E-state index in [1.54, 1.807) is 25.5 Å². The maximum atomic E-state index is 6.49. The van der Waals surface area contributed by atoms with Crippen molar-refractivity contribution < 1.29 is 0 Å². The standard InChI is InChI=1S/C21H22ClN5/c1-24-12-17(16-10-19-18(25-11-16)8-9-20(22)26-19)21(23)15-6-4-14(5-7-15)13-27(2)3/h4-12H,13,23H2,1-3H3. The number of halogens is 1. The van der Waals surface area contributed by atoms with Crippen LogP contribution in [0.15, 0.2) is 53.7 Å². The molecule has 0 saturated heterocycles. The van der Waals surface area contributed by atoms with Gasteiger partial charge in [0.25, 0.3) is 0 Å². The fourth-order valence-electron chi connectivity index (χ4n) is 2.87. The van der Waals surface area contributed by atoms with Crippen molar-refractivity contribution in [1.82, 2.24) is 14.9 Å². The van der Waals surface area contributed by atoms with E-state index in [-0.39, 0.29) is 0 Å². The summed E-state index contributed by atoms with van der Waals surface area (Å²) in [6.07, 6.45) is 3.53. The van der Waals surface area contributed by atoms with Crippen LogP contribution < -0.4 is 5.73 Å².